The van der Waals surface area contributed by atoms with Crippen LogP contribution in [0.2, 0.25) is 0 Å². The zero-order valence-electron chi connectivity index (χ0n) is 16.4. The number of carbonyl (C=O) groups excluding carboxylic acids is 3. The van der Waals surface area contributed by atoms with Gasteiger partial charge in [-0.25, -0.2) is 9.59 Å². The highest BCUT2D eigenvalue weighted by Gasteiger charge is 2.54. The molecular weight excluding hydrogens is 364 g/mol. The van der Waals surface area contributed by atoms with Crippen LogP contribution in [0.5, 0.6) is 0 Å². The molecule has 2 aliphatic carbocycles. The van der Waals surface area contributed by atoms with Crippen molar-refractivity contribution in [3.63, 3.8) is 0 Å². The van der Waals surface area contributed by atoms with E-state index in [-0.39, 0.29) is 29.5 Å². The minimum absolute atomic E-state index is 0.136. The number of cyclic esters (lactones) is 1. The molecule has 0 aromatic rings. The molecule has 0 aromatic heterocycles. The lowest BCUT2D eigenvalue weighted by atomic mass is 9.71. The van der Waals surface area contributed by atoms with E-state index in [4.69, 9.17) is 18.9 Å². The predicted octanol–water partition coefficient (Wildman–Crippen LogP) is 2.71. The van der Waals surface area contributed by atoms with E-state index in [0.29, 0.717) is 17.6 Å². The molecule has 0 spiro atoms. The van der Waals surface area contributed by atoms with Crippen LogP contribution in [0.4, 0.5) is 0 Å². The van der Waals surface area contributed by atoms with Gasteiger partial charge in [0, 0.05) is 24.5 Å². The lowest BCUT2D eigenvalue weighted by Crippen LogP contribution is -2.33. The molecule has 4 aliphatic rings. The van der Waals surface area contributed by atoms with E-state index >= 15 is 0 Å². The van der Waals surface area contributed by atoms with Gasteiger partial charge in [-0.15, -0.1) is 0 Å². The SMILES string of the molecule is CC(=O)O[C@H]1CCC(C)(C)C2=C1C[C@@H]1/C(=C\OC3C=C(C)C(=O)O3)C(=O)O[C@H]21. The van der Waals surface area contributed by atoms with Crippen molar-refractivity contribution in [3.05, 3.63) is 34.6 Å². The van der Waals surface area contributed by atoms with E-state index < -0.39 is 18.2 Å². The lowest BCUT2D eigenvalue weighted by Gasteiger charge is -2.37. The van der Waals surface area contributed by atoms with Crippen molar-refractivity contribution in [2.45, 2.75) is 65.5 Å². The van der Waals surface area contributed by atoms with Crippen LogP contribution in [0.25, 0.3) is 0 Å². The Morgan fingerprint density at radius 2 is 2.00 bits per heavy atom. The average Bonchev–Trinajstić information content (AvgIpc) is 3.21. The molecule has 150 valence electrons. The van der Waals surface area contributed by atoms with Gasteiger partial charge < -0.3 is 18.9 Å². The summed E-state index contributed by atoms with van der Waals surface area (Å²) in [6, 6.07) is 0. The van der Waals surface area contributed by atoms with E-state index in [9.17, 15) is 14.4 Å². The fourth-order valence-corrected chi connectivity index (χ4v) is 4.69. The van der Waals surface area contributed by atoms with E-state index in [1.807, 2.05) is 0 Å². The molecule has 1 fully saturated rings. The fourth-order valence-electron chi connectivity index (χ4n) is 4.69. The highest BCUT2D eigenvalue weighted by Crippen LogP contribution is 2.55. The highest BCUT2D eigenvalue weighted by molar-refractivity contribution is 5.92. The van der Waals surface area contributed by atoms with Gasteiger partial charge in [0.2, 0.25) is 0 Å². The molecule has 4 rings (SSSR count). The van der Waals surface area contributed by atoms with Gasteiger partial charge in [-0.2, -0.15) is 0 Å². The number of ether oxygens (including phenoxy) is 4. The summed E-state index contributed by atoms with van der Waals surface area (Å²) in [4.78, 5) is 35.4. The summed E-state index contributed by atoms with van der Waals surface area (Å²) in [6.45, 7) is 7.32. The Labute approximate surface area is 163 Å². The van der Waals surface area contributed by atoms with Crippen LogP contribution >= 0.6 is 0 Å². The van der Waals surface area contributed by atoms with Gasteiger partial charge in [-0.05, 0) is 42.7 Å². The Bertz CT molecular complexity index is 845. The van der Waals surface area contributed by atoms with Crippen molar-refractivity contribution < 1.29 is 33.3 Å². The molecule has 0 radical (unpaired) electrons. The maximum absolute atomic E-state index is 12.5. The number of fused-ring (bicyclic) bond motifs is 2. The summed E-state index contributed by atoms with van der Waals surface area (Å²) in [6.07, 6.45) is 3.64. The monoisotopic (exact) mass is 388 g/mol. The third-order valence-electron chi connectivity index (χ3n) is 6.02. The molecular formula is C21H24O7. The number of hydrogen-bond acceptors (Lipinski definition) is 7. The second kappa shape index (κ2) is 6.50. The van der Waals surface area contributed by atoms with Crippen molar-refractivity contribution in [1.29, 1.82) is 0 Å². The van der Waals surface area contributed by atoms with Crippen LogP contribution in [0.15, 0.2) is 34.6 Å². The molecule has 0 aromatic carbocycles. The van der Waals surface area contributed by atoms with Crippen LogP contribution in [0.1, 0.15) is 47.0 Å². The van der Waals surface area contributed by atoms with Gasteiger partial charge in [0.15, 0.2) is 0 Å². The van der Waals surface area contributed by atoms with Gasteiger partial charge in [-0.3, -0.25) is 4.79 Å². The molecule has 0 amide bonds. The van der Waals surface area contributed by atoms with Gasteiger partial charge in [0.25, 0.3) is 6.29 Å². The van der Waals surface area contributed by atoms with Crippen molar-refractivity contribution in [2.75, 3.05) is 0 Å². The van der Waals surface area contributed by atoms with Crippen molar-refractivity contribution in [1.82, 2.24) is 0 Å². The van der Waals surface area contributed by atoms with Crippen molar-refractivity contribution >= 4 is 17.9 Å². The van der Waals surface area contributed by atoms with Gasteiger partial charge in [0.05, 0.1) is 11.8 Å². The first-order valence-electron chi connectivity index (χ1n) is 9.54. The molecule has 7 heteroatoms. The van der Waals surface area contributed by atoms with Crippen LogP contribution in [-0.2, 0) is 33.3 Å². The number of rotatable bonds is 3. The molecule has 1 saturated heterocycles. The van der Waals surface area contributed by atoms with Crippen LogP contribution in [-0.4, -0.2) is 36.4 Å². The van der Waals surface area contributed by atoms with Gasteiger partial charge in [-0.1, -0.05) is 13.8 Å². The highest BCUT2D eigenvalue weighted by atomic mass is 16.7. The maximum Gasteiger partial charge on any atom is 0.338 e. The molecule has 2 heterocycles. The standard InChI is InChI=1S/C21H24O7/c1-10-7-16(27-19(10)23)25-9-14-12-8-13-15(26-11(2)22)5-6-21(3,4)17(13)18(12)28-20(14)24/h7,9,12,15-16,18H,5-6,8H2,1-4H3/b14-9+/t12-,15+,16?,18+/m1/s1. The fraction of sp³-hybridized carbons (Fsp3) is 0.571. The Balaban J connectivity index is 1.58. The second-order valence-electron chi connectivity index (χ2n) is 8.43. The average molecular weight is 388 g/mol. The molecule has 0 saturated carbocycles. The smallest absolute Gasteiger partial charge is 0.338 e. The Kier molecular flexibility index (Phi) is 4.36. The van der Waals surface area contributed by atoms with Crippen LogP contribution in [0, 0.1) is 11.3 Å². The largest absolute Gasteiger partial charge is 0.458 e. The maximum atomic E-state index is 12.5. The Morgan fingerprint density at radius 3 is 2.64 bits per heavy atom. The summed E-state index contributed by atoms with van der Waals surface area (Å²) < 4.78 is 21.8. The van der Waals surface area contributed by atoms with E-state index in [1.54, 1.807) is 13.0 Å². The molecule has 0 N–H and O–H groups in total. The summed E-state index contributed by atoms with van der Waals surface area (Å²) in [7, 11) is 0. The minimum atomic E-state index is -0.832. The summed E-state index contributed by atoms with van der Waals surface area (Å²) >= 11 is 0. The topological polar surface area (TPSA) is 88.1 Å². The normalized spacial score (nSPS) is 34.6. The third kappa shape index (κ3) is 3.02. The van der Waals surface area contributed by atoms with Gasteiger partial charge >= 0.3 is 17.9 Å². The number of carbonyl (C=O) groups is 3. The Hall–Kier alpha value is -2.57. The molecule has 4 atom stereocenters. The van der Waals surface area contributed by atoms with E-state index in [0.717, 1.165) is 24.0 Å². The molecule has 28 heavy (non-hydrogen) atoms. The lowest BCUT2D eigenvalue weighted by molar-refractivity contribution is -0.152. The summed E-state index contributed by atoms with van der Waals surface area (Å²) in [5, 5.41) is 0. The molecule has 0 bridgehead atoms. The minimum Gasteiger partial charge on any atom is -0.458 e. The summed E-state index contributed by atoms with van der Waals surface area (Å²) in [5.41, 5.74) is 2.88. The quantitative estimate of drug-likeness (QED) is 0.241. The van der Waals surface area contributed by atoms with Crippen molar-refractivity contribution in [3.8, 4) is 0 Å². The number of esters is 3. The zero-order chi connectivity index (χ0) is 20.2. The first-order chi connectivity index (χ1) is 13.2. The molecule has 2 aliphatic heterocycles. The van der Waals surface area contributed by atoms with E-state index in [2.05, 4.69) is 13.8 Å². The summed E-state index contributed by atoms with van der Waals surface area (Å²) in [5.74, 6) is -1.35. The van der Waals surface area contributed by atoms with Crippen LogP contribution < -0.4 is 0 Å². The van der Waals surface area contributed by atoms with Gasteiger partial charge in [0.1, 0.15) is 12.2 Å². The Morgan fingerprint density at radius 1 is 1.25 bits per heavy atom. The zero-order valence-corrected chi connectivity index (χ0v) is 16.4. The second-order valence-corrected chi connectivity index (χ2v) is 8.43. The first-order valence-corrected chi connectivity index (χ1v) is 9.54. The van der Waals surface area contributed by atoms with Crippen LogP contribution in [0.3, 0.4) is 0 Å². The first kappa shape index (κ1) is 18.8. The molecule has 7 nitrogen and oxygen atoms in total. The van der Waals surface area contributed by atoms with E-state index in [1.165, 1.54) is 13.2 Å². The predicted molar refractivity (Wildman–Crippen MR) is 96.4 cm³/mol. The van der Waals surface area contributed by atoms with Crippen molar-refractivity contribution in [2.24, 2.45) is 11.3 Å². The third-order valence-corrected chi connectivity index (χ3v) is 6.02. The number of hydrogen-bond donors (Lipinski definition) is 0. The molecule has 1 unspecified atom stereocenters.